The van der Waals surface area contributed by atoms with Crippen molar-refractivity contribution in [2.45, 2.75) is 13.8 Å². The molecule has 0 saturated carbocycles. The summed E-state index contributed by atoms with van der Waals surface area (Å²) in [5.74, 6) is 1.34. The highest BCUT2D eigenvalue weighted by atomic mass is 16.5. The third-order valence-corrected chi connectivity index (χ3v) is 4.46. The van der Waals surface area contributed by atoms with Gasteiger partial charge in [0, 0.05) is 16.3 Å². The summed E-state index contributed by atoms with van der Waals surface area (Å²) in [5, 5.41) is 10.8. The molecule has 0 bridgehead atoms. The van der Waals surface area contributed by atoms with Crippen molar-refractivity contribution >= 4 is 10.8 Å². The molecule has 3 heteroatoms. The smallest absolute Gasteiger partial charge is 0.246 e. The summed E-state index contributed by atoms with van der Waals surface area (Å²) in [4.78, 5) is 0. The summed E-state index contributed by atoms with van der Waals surface area (Å²) in [7, 11) is 0. The van der Waals surface area contributed by atoms with Crippen LogP contribution in [0.3, 0.4) is 0 Å². The lowest BCUT2D eigenvalue weighted by Gasteiger charge is -2.12. The number of aryl methyl sites for hydroxylation is 1. The molecular formula is C22H18N2O. The first-order valence-corrected chi connectivity index (χ1v) is 8.29. The van der Waals surface area contributed by atoms with Gasteiger partial charge >= 0.3 is 0 Å². The van der Waals surface area contributed by atoms with Crippen molar-refractivity contribution in [2.24, 2.45) is 0 Å². The standard InChI is InChI=1S/C22H18N2O/c1-15-9-8-14-20(16(15)2)25-22-19-13-7-6-12-18(19)21(23-24-22)17-10-4-3-5-11-17/h3-14H,1-2H3. The number of fused-ring (bicyclic) bond motifs is 1. The van der Waals surface area contributed by atoms with Gasteiger partial charge in [-0.05, 0) is 37.1 Å². The summed E-state index contributed by atoms with van der Waals surface area (Å²) < 4.78 is 6.12. The lowest BCUT2D eigenvalue weighted by Crippen LogP contribution is -1.97. The highest BCUT2D eigenvalue weighted by Gasteiger charge is 2.13. The molecule has 3 nitrogen and oxygen atoms in total. The number of rotatable bonds is 3. The third kappa shape index (κ3) is 2.85. The quantitative estimate of drug-likeness (QED) is 0.484. The number of ether oxygens (including phenoxy) is 1. The molecule has 0 aliphatic rings. The summed E-state index contributed by atoms with van der Waals surface area (Å²) in [6.45, 7) is 4.13. The lowest BCUT2D eigenvalue weighted by atomic mass is 10.1. The minimum Gasteiger partial charge on any atom is -0.437 e. The van der Waals surface area contributed by atoms with Crippen LogP contribution in [-0.2, 0) is 0 Å². The van der Waals surface area contributed by atoms with Crippen molar-refractivity contribution in [1.82, 2.24) is 10.2 Å². The van der Waals surface area contributed by atoms with E-state index in [4.69, 9.17) is 4.74 Å². The minimum atomic E-state index is 0.531. The van der Waals surface area contributed by atoms with Crippen LogP contribution in [0.1, 0.15) is 11.1 Å². The Hall–Kier alpha value is -3.20. The Kier molecular flexibility index (Phi) is 3.90. The molecule has 4 rings (SSSR count). The number of nitrogens with zero attached hydrogens (tertiary/aromatic N) is 2. The van der Waals surface area contributed by atoms with Crippen LogP contribution in [-0.4, -0.2) is 10.2 Å². The van der Waals surface area contributed by atoms with Gasteiger partial charge in [-0.25, -0.2) is 0 Å². The zero-order chi connectivity index (χ0) is 17.2. The van der Waals surface area contributed by atoms with Gasteiger partial charge in [0.05, 0.1) is 0 Å². The van der Waals surface area contributed by atoms with Gasteiger partial charge in [0.2, 0.25) is 5.88 Å². The predicted octanol–water partition coefficient (Wildman–Crippen LogP) is 5.71. The van der Waals surface area contributed by atoms with Crippen LogP contribution >= 0.6 is 0 Å². The van der Waals surface area contributed by atoms with Crippen molar-refractivity contribution in [3.63, 3.8) is 0 Å². The van der Waals surface area contributed by atoms with E-state index in [1.54, 1.807) is 0 Å². The molecule has 0 spiro atoms. The number of hydrogen-bond donors (Lipinski definition) is 0. The van der Waals surface area contributed by atoms with E-state index in [1.165, 1.54) is 5.56 Å². The Bertz CT molecular complexity index is 1040. The van der Waals surface area contributed by atoms with Gasteiger partial charge in [-0.3, -0.25) is 0 Å². The number of aromatic nitrogens is 2. The molecule has 1 heterocycles. The van der Waals surface area contributed by atoms with E-state index in [9.17, 15) is 0 Å². The number of hydrogen-bond acceptors (Lipinski definition) is 3. The summed E-state index contributed by atoms with van der Waals surface area (Å²) in [6.07, 6.45) is 0. The van der Waals surface area contributed by atoms with E-state index < -0.39 is 0 Å². The molecular weight excluding hydrogens is 308 g/mol. The van der Waals surface area contributed by atoms with Crippen LogP contribution in [0, 0.1) is 13.8 Å². The molecule has 0 amide bonds. The van der Waals surface area contributed by atoms with Gasteiger partial charge in [0.1, 0.15) is 11.4 Å². The Morgan fingerprint density at radius 3 is 2.20 bits per heavy atom. The van der Waals surface area contributed by atoms with E-state index in [-0.39, 0.29) is 0 Å². The van der Waals surface area contributed by atoms with Crippen molar-refractivity contribution in [3.05, 3.63) is 83.9 Å². The van der Waals surface area contributed by atoms with Crippen molar-refractivity contribution in [1.29, 1.82) is 0 Å². The topological polar surface area (TPSA) is 35.0 Å². The first-order valence-electron chi connectivity index (χ1n) is 8.29. The predicted molar refractivity (Wildman–Crippen MR) is 101 cm³/mol. The normalized spacial score (nSPS) is 10.8. The lowest BCUT2D eigenvalue weighted by molar-refractivity contribution is 0.458. The maximum absolute atomic E-state index is 6.12. The molecule has 0 aliphatic carbocycles. The maximum atomic E-state index is 6.12. The molecule has 0 atom stereocenters. The molecule has 25 heavy (non-hydrogen) atoms. The fraction of sp³-hybridized carbons (Fsp3) is 0.0909. The summed E-state index contributed by atoms with van der Waals surface area (Å²) in [5.41, 5.74) is 4.21. The Balaban J connectivity index is 1.86. The van der Waals surface area contributed by atoms with Gasteiger partial charge in [-0.2, -0.15) is 0 Å². The van der Waals surface area contributed by atoms with E-state index in [2.05, 4.69) is 36.2 Å². The minimum absolute atomic E-state index is 0.531. The van der Waals surface area contributed by atoms with Crippen LogP contribution in [0.5, 0.6) is 11.6 Å². The van der Waals surface area contributed by atoms with Gasteiger partial charge < -0.3 is 4.74 Å². The van der Waals surface area contributed by atoms with E-state index in [0.29, 0.717) is 5.88 Å². The summed E-state index contributed by atoms with van der Waals surface area (Å²) >= 11 is 0. The maximum Gasteiger partial charge on any atom is 0.246 e. The molecule has 0 unspecified atom stereocenters. The monoisotopic (exact) mass is 326 g/mol. The van der Waals surface area contributed by atoms with Gasteiger partial charge in [0.25, 0.3) is 0 Å². The molecule has 4 aromatic rings. The van der Waals surface area contributed by atoms with E-state index in [0.717, 1.165) is 33.3 Å². The zero-order valence-electron chi connectivity index (χ0n) is 14.2. The summed E-state index contributed by atoms with van der Waals surface area (Å²) in [6, 6.07) is 24.2. The van der Waals surface area contributed by atoms with Gasteiger partial charge in [-0.1, -0.05) is 60.7 Å². The van der Waals surface area contributed by atoms with Crippen LogP contribution in [0.25, 0.3) is 22.0 Å². The molecule has 0 saturated heterocycles. The molecule has 0 aliphatic heterocycles. The average Bonchev–Trinajstić information content (AvgIpc) is 2.66. The second kappa shape index (κ2) is 6.36. The second-order valence-electron chi connectivity index (χ2n) is 6.07. The zero-order valence-corrected chi connectivity index (χ0v) is 14.2. The highest BCUT2D eigenvalue weighted by Crippen LogP contribution is 2.34. The first-order chi connectivity index (χ1) is 12.2. The Morgan fingerprint density at radius 2 is 1.40 bits per heavy atom. The van der Waals surface area contributed by atoms with Crippen LogP contribution < -0.4 is 4.74 Å². The fourth-order valence-electron chi connectivity index (χ4n) is 2.90. The second-order valence-corrected chi connectivity index (χ2v) is 6.07. The van der Waals surface area contributed by atoms with Crippen molar-refractivity contribution < 1.29 is 4.74 Å². The average molecular weight is 326 g/mol. The van der Waals surface area contributed by atoms with Crippen LogP contribution in [0.4, 0.5) is 0 Å². The van der Waals surface area contributed by atoms with Gasteiger partial charge in [0.15, 0.2) is 0 Å². The third-order valence-electron chi connectivity index (χ3n) is 4.46. The van der Waals surface area contributed by atoms with Crippen LogP contribution in [0.2, 0.25) is 0 Å². The Morgan fingerprint density at radius 1 is 0.680 bits per heavy atom. The fourth-order valence-corrected chi connectivity index (χ4v) is 2.90. The van der Waals surface area contributed by atoms with Crippen molar-refractivity contribution in [3.8, 4) is 22.9 Å². The molecule has 0 fully saturated rings. The van der Waals surface area contributed by atoms with E-state index in [1.807, 2.05) is 60.7 Å². The molecule has 122 valence electrons. The van der Waals surface area contributed by atoms with E-state index >= 15 is 0 Å². The highest BCUT2D eigenvalue weighted by molar-refractivity contribution is 5.97. The largest absolute Gasteiger partial charge is 0.437 e. The molecule has 3 aromatic carbocycles. The number of benzene rings is 3. The molecule has 1 aromatic heterocycles. The Labute approximate surface area is 146 Å². The first kappa shape index (κ1) is 15.3. The molecule has 0 N–H and O–H groups in total. The SMILES string of the molecule is Cc1cccc(Oc2nnc(-c3ccccc3)c3ccccc23)c1C. The molecule has 0 radical (unpaired) electrons. The van der Waals surface area contributed by atoms with Crippen molar-refractivity contribution in [2.75, 3.05) is 0 Å². The van der Waals surface area contributed by atoms with Gasteiger partial charge in [-0.15, -0.1) is 10.2 Å². The van der Waals surface area contributed by atoms with Crippen LogP contribution in [0.15, 0.2) is 72.8 Å².